The maximum absolute atomic E-state index is 12.1. The van der Waals surface area contributed by atoms with E-state index < -0.39 is 30.3 Å². The van der Waals surface area contributed by atoms with Crippen molar-refractivity contribution in [2.24, 2.45) is 5.92 Å². The second-order valence-corrected chi connectivity index (χ2v) is 3.92. The normalized spacial score (nSPS) is 19.1. The van der Waals surface area contributed by atoms with Crippen LogP contribution in [-0.2, 0) is 9.53 Å². The molecule has 0 spiro atoms. The Morgan fingerprint density at radius 3 is 1.89 bits per heavy atom. The van der Waals surface area contributed by atoms with E-state index in [4.69, 9.17) is 0 Å². The van der Waals surface area contributed by atoms with Crippen molar-refractivity contribution in [3.05, 3.63) is 0 Å². The first-order chi connectivity index (χ1) is 8.12. The van der Waals surface area contributed by atoms with Crippen LogP contribution in [-0.4, -0.2) is 37.5 Å². The van der Waals surface area contributed by atoms with Crippen LogP contribution in [0.4, 0.5) is 26.3 Å². The summed E-state index contributed by atoms with van der Waals surface area (Å²) in [6, 6.07) is 0. The summed E-state index contributed by atoms with van der Waals surface area (Å²) in [6.07, 6.45) is -15.0. The van der Waals surface area contributed by atoms with Gasteiger partial charge < -0.3 is 10.1 Å². The maximum atomic E-state index is 12.1. The third-order valence-electron chi connectivity index (χ3n) is 2.50. The van der Waals surface area contributed by atoms with Crippen LogP contribution in [0.5, 0.6) is 0 Å². The van der Waals surface area contributed by atoms with E-state index in [9.17, 15) is 31.1 Å². The highest BCUT2D eigenvalue weighted by molar-refractivity contribution is 5.72. The molecule has 1 saturated heterocycles. The Morgan fingerprint density at radius 2 is 1.50 bits per heavy atom. The molecule has 1 rings (SSSR count). The Morgan fingerprint density at radius 1 is 1.06 bits per heavy atom. The van der Waals surface area contributed by atoms with Crippen LogP contribution in [0, 0.1) is 5.92 Å². The van der Waals surface area contributed by atoms with Crippen molar-refractivity contribution >= 4 is 5.97 Å². The van der Waals surface area contributed by atoms with Gasteiger partial charge in [0.25, 0.3) is 6.10 Å². The van der Waals surface area contributed by atoms with E-state index in [2.05, 4.69) is 10.1 Å². The minimum Gasteiger partial charge on any atom is -0.443 e. The highest BCUT2D eigenvalue weighted by atomic mass is 19.4. The first-order valence-corrected chi connectivity index (χ1v) is 5.17. The summed E-state index contributed by atoms with van der Waals surface area (Å²) >= 11 is 0. The molecule has 1 aliphatic heterocycles. The van der Waals surface area contributed by atoms with Crippen molar-refractivity contribution < 1.29 is 35.9 Å². The Bertz CT molecular complexity index is 280. The van der Waals surface area contributed by atoms with Crippen LogP contribution >= 0.6 is 0 Å². The van der Waals surface area contributed by atoms with Gasteiger partial charge in [-0.15, -0.1) is 0 Å². The first kappa shape index (κ1) is 15.1. The number of nitrogens with one attached hydrogen (secondary N) is 1. The van der Waals surface area contributed by atoms with Gasteiger partial charge in [0.05, 0.1) is 5.92 Å². The van der Waals surface area contributed by atoms with E-state index >= 15 is 0 Å². The van der Waals surface area contributed by atoms with Crippen LogP contribution in [0.3, 0.4) is 0 Å². The van der Waals surface area contributed by atoms with E-state index in [1.807, 2.05) is 0 Å². The van der Waals surface area contributed by atoms with Crippen LogP contribution in [0.1, 0.15) is 12.8 Å². The largest absolute Gasteiger partial charge is 0.443 e. The van der Waals surface area contributed by atoms with Gasteiger partial charge in [-0.2, -0.15) is 26.3 Å². The molecule has 0 aromatic carbocycles. The molecule has 0 atom stereocenters. The molecule has 0 saturated carbocycles. The number of carbonyl (C=O) groups excluding carboxylic acids is 1. The maximum Gasteiger partial charge on any atom is 0.434 e. The van der Waals surface area contributed by atoms with Gasteiger partial charge in [-0.1, -0.05) is 0 Å². The number of hydrogen-bond acceptors (Lipinski definition) is 3. The molecule has 0 aliphatic carbocycles. The van der Waals surface area contributed by atoms with E-state index in [0.29, 0.717) is 13.1 Å². The minimum atomic E-state index is -5.65. The van der Waals surface area contributed by atoms with Crippen molar-refractivity contribution in [2.75, 3.05) is 13.1 Å². The summed E-state index contributed by atoms with van der Waals surface area (Å²) in [5.74, 6) is -2.37. The zero-order valence-electron chi connectivity index (χ0n) is 9.07. The quantitative estimate of drug-likeness (QED) is 0.621. The van der Waals surface area contributed by atoms with E-state index in [1.165, 1.54) is 0 Å². The highest BCUT2D eigenvalue weighted by Gasteiger charge is 2.60. The molecular weight excluding hydrogens is 268 g/mol. The monoisotopic (exact) mass is 279 g/mol. The fourth-order valence-electron chi connectivity index (χ4n) is 1.59. The SMILES string of the molecule is O=C(OC(C(F)(F)F)C(F)(F)F)C1CCNCC1. The summed E-state index contributed by atoms with van der Waals surface area (Å²) in [5.41, 5.74) is 0. The first-order valence-electron chi connectivity index (χ1n) is 5.17. The molecule has 106 valence electrons. The van der Waals surface area contributed by atoms with Crippen molar-refractivity contribution in [1.29, 1.82) is 0 Å². The summed E-state index contributed by atoms with van der Waals surface area (Å²) in [5, 5.41) is 2.83. The molecule has 3 nitrogen and oxygen atoms in total. The lowest BCUT2D eigenvalue weighted by atomic mass is 9.98. The fraction of sp³-hybridized carbons (Fsp3) is 0.889. The van der Waals surface area contributed by atoms with E-state index in [1.54, 1.807) is 0 Å². The van der Waals surface area contributed by atoms with Gasteiger partial charge in [0.2, 0.25) is 0 Å². The lowest BCUT2D eigenvalue weighted by Gasteiger charge is -2.26. The number of hydrogen-bond donors (Lipinski definition) is 1. The Hall–Kier alpha value is -0.990. The molecule has 0 aromatic heterocycles. The van der Waals surface area contributed by atoms with Gasteiger partial charge in [-0.25, -0.2) is 0 Å². The molecule has 1 fully saturated rings. The third-order valence-corrected chi connectivity index (χ3v) is 2.50. The third kappa shape index (κ3) is 4.04. The molecule has 0 unspecified atom stereocenters. The summed E-state index contributed by atoms with van der Waals surface area (Å²) < 4.78 is 76.4. The molecule has 0 radical (unpaired) electrons. The Labute approximate surface area is 98.5 Å². The average molecular weight is 279 g/mol. The second kappa shape index (κ2) is 5.33. The van der Waals surface area contributed by atoms with Crippen LogP contribution in [0.2, 0.25) is 0 Å². The number of carbonyl (C=O) groups is 1. The Balaban J connectivity index is 2.69. The second-order valence-electron chi connectivity index (χ2n) is 3.92. The summed E-state index contributed by atoms with van der Waals surface area (Å²) in [4.78, 5) is 11.3. The van der Waals surface area contributed by atoms with E-state index in [0.717, 1.165) is 0 Å². The van der Waals surface area contributed by atoms with Gasteiger partial charge in [0, 0.05) is 0 Å². The fourth-order valence-corrected chi connectivity index (χ4v) is 1.59. The van der Waals surface area contributed by atoms with Crippen LogP contribution < -0.4 is 5.32 Å². The lowest BCUT2D eigenvalue weighted by Crippen LogP contribution is -2.47. The zero-order chi connectivity index (χ0) is 14.0. The number of piperidine rings is 1. The number of alkyl halides is 6. The van der Waals surface area contributed by atoms with Crippen LogP contribution in [0.15, 0.2) is 0 Å². The standard InChI is InChI=1S/C9H11F6NO2/c10-8(11,12)7(9(13,14)15)18-6(17)5-1-3-16-4-2-5/h5,7,16H,1-4H2. The number of ether oxygens (including phenoxy) is 1. The van der Waals surface area contributed by atoms with Crippen molar-refractivity contribution in [2.45, 2.75) is 31.3 Å². The molecular formula is C9H11F6NO2. The highest BCUT2D eigenvalue weighted by Crippen LogP contribution is 2.36. The predicted molar refractivity (Wildman–Crippen MR) is 47.6 cm³/mol. The van der Waals surface area contributed by atoms with Gasteiger partial charge in [-0.3, -0.25) is 4.79 Å². The van der Waals surface area contributed by atoms with Crippen molar-refractivity contribution in [1.82, 2.24) is 5.32 Å². The van der Waals surface area contributed by atoms with Gasteiger partial charge >= 0.3 is 18.3 Å². The van der Waals surface area contributed by atoms with Crippen molar-refractivity contribution in [3.8, 4) is 0 Å². The molecule has 1 aliphatic rings. The van der Waals surface area contributed by atoms with Crippen LogP contribution in [0.25, 0.3) is 0 Å². The molecule has 0 bridgehead atoms. The summed E-state index contributed by atoms with van der Waals surface area (Å²) in [6.45, 7) is 0.727. The molecule has 1 heterocycles. The van der Waals surface area contributed by atoms with E-state index in [-0.39, 0.29) is 12.8 Å². The average Bonchev–Trinajstić information content (AvgIpc) is 2.23. The number of esters is 1. The topological polar surface area (TPSA) is 38.3 Å². The summed E-state index contributed by atoms with van der Waals surface area (Å²) in [7, 11) is 0. The molecule has 1 N–H and O–H groups in total. The molecule has 9 heteroatoms. The number of halogens is 6. The minimum absolute atomic E-state index is 0.168. The smallest absolute Gasteiger partial charge is 0.434 e. The molecule has 18 heavy (non-hydrogen) atoms. The van der Waals surface area contributed by atoms with Gasteiger partial charge in [-0.05, 0) is 25.9 Å². The predicted octanol–water partition coefficient (Wildman–Crippen LogP) is 2.02. The Kier molecular flexibility index (Phi) is 4.46. The van der Waals surface area contributed by atoms with Gasteiger partial charge in [0.15, 0.2) is 0 Å². The molecule has 0 amide bonds. The van der Waals surface area contributed by atoms with Gasteiger partial charge in [0.1, 0.15) is 0 Å². The number of rotatable bonds is 2. The molecule has 0 aromatic rings. The van der Waals surface area contributed by atoms with Crippen molar-refractivity contribution in [3.63, 3.8) is 0 Å². The lowest BCUT2D eigenvalue weighted by molar-refractivity contribution is -0.314. The zero-order valence-corrected chi connectivity index (χ0v) is 9.07.